The van der Waals surface area contributed by atoms with Crippen molar-refractivity contribution >= 4 is 71.4 Å². The highest BCUT2D eigenvalue weighted by atomic mass is 15.1. The van der Waals surface area contributed by atoms with Crippen LogP contribution in [0.25, 0.3) is 99.1 Å². The molecule has 4 nitrogen and oxygen atoms in total. The van der Waals surface area contributed by atoms with Gasteiger partial charge in [-0.3, -0.25) is 4.98 Å². The van der Waals surface area contributed by atoms with Gasteiger partial charge in [0.25, 0.3) is 0 Å². The maximum atomic E-state index is 4.77. The fraction of sp³-hybridized carbons (Fsp3) is 0. The number of aromatic nitrogens is 3. The van der Waals surface area contributed by atoms with Gasteiger partial charge in [-0.05, 0) is 107 Å². The molecule has 3 heterocycles. The van der Waals surface area contributed by atoms with Crippen LogP contribution in [0.3, 0.4) is 0 Å². The molecule has 0 amide bonds. The predicted octanol–water partition coefficient (Wildman–Crippen LogP) is 16.9. The van der Waals surface area contributed by atoms with Gasteiger partial charge in [0.1, 0.15) is 0 Å². The molecular weight excluding hydrogens is 813 g/mol. The first kappa shape index (κ1) is 38.5. The molecule has 0 saturated heterocycles. The van der Waals surface area contributed by atoms with E-state index in [1.54, 1.807) is 0 Å². The lowest BCUT2D eigenvalue weighted by molar-refractivity contribution is 1.13. The topological polar surface area (TPSA) is 26.0 Å². The van der Waals surface area contributed by atoms with Crippen molar-refractivity contribution in [1.29, 1.82) is 0 Å². The molecule has 0 aliphatic heterocycles. The van der Waals surface area contributed by atoms with E-state index in [1.807, 2.05) is 12.4 Å². The van der Waals surface area contributed by atoms with Gasteiger partial charge in [-0.1, -0.05) is 164 Å². The Kier molecular flexibility index (Phi) is 9.14. The average Bonchev–Trinajstić information content (AvgIpc) is 3.93. The third kappa shape index (κ3) is 6.57. The molecule has 0 aliphatic rings. The number of fused-ring (bicyclic) bond motifs is 7. The van der Waals surface area contributed by atoms with Crippen molar-refractivity contribution in [3.63, 3.8) is 0 Å². The quantitative estimate of drug-likeness (QED) is 0.152. The van der Waals surface area contributed by atoms with E-state index >= 15 is 0 Å². The fourth-order valence-corrected chi connectivity index (χ4v) is 10.2. The summed E-state index contributed by atoms with van der Waals surface area (Å²) in [6, 6.07) is 87.8. The monoisotopic (exact) mass is 854 g/mol. The van der Waals surface area contributed by atoms with E-state index in [9.17, 15) is 0 Å². The summed E-state index contributed by atoms with van der Waals surface area (Å²) in [4.78, 5) is 7.11. The summed E-state index contributed by atoms with van der Waals surface area (Å²) < 4.78 is 4.85. The van der Waals surface area contributed by atoms with Crippen LogP contribution in [0.4, 0.5) is 17.1 Å². The second-order valence-electron chi connectivity index (χ2n) is 17.2. The van der Waals surface area contributed by atoms with Crippen molar-refractivity contribution in [2.24, 2.45) is 0 Å². The van der Waals surface area contributed by atoms with Gasteiger partial charge in [-0.15, -0.1) is 0 Å². The Labute approximate surface area is 388 Å². The highest BCUT2D eigenvalue weighted by molar-refractivity contribution is 6.11. The summed E-state index contributed by atoms with van der Waals surface area (Å²) in [5, 5.41) is 7.40. The van der Waals surface area contributed by atoms with E-state index in [0.29, 0.717) is 0 Å². The summed E-state index contributed by atoms with van der Waals surface area (Å²) >= 11 is 0. The molecule has 13 rings (SSSR count). The number of rotatable bonds is 8. The molecule has 67 heavy (non-hydrogen) atoms. The first-order valence-electron chi connectivity index (χ1n) is 22.8. The molecule has 314 valence electrons. The molecule has 0 radical (unpaired) electrons. The summed E-state index contributed by atoms with van der Waals surface area (Å²) in [7, 11) is 0. The molecule has 10 aromatic carbocycles. The van der Waals surface area contributed by atoms with Gasteiger partial charge >= 0.3 is 0 Å². The molecule has 0 fully saturated rings. The Morgan fingerprint density at radius 1 is 0.284 bits per heavy atom. The molecule has 0 saturated carbocycles. The second-order valence-corrected chi connectivity index (χ2v) is 17.2. The smallest absolute Gasteiger partial charge is 0.0541 e. The zero-order chi connectivity index (χ0) is 44.3. The Hall–Kier alpha value is -8.99. The van der Waals surface area contributed by atoms with Crippen molar-refractivity contribution < 1.29 is 0 Å². The standard InChI is InChI=1S/C63H42N4/c1-2-17-50(18-3-1)65(59-28-14-16-46-15-4-5-19-54(46)59)51-35-33-45(34-36-51)49-37-48(41-64-42-49)44-31-29-43(30-32-44)47-38-52(66-60-24-10-6-20-55(60)56-21-7-11-25-61(56)66)40-53(39-47)67-62-26-12-8-22-57(62)58-23-9-13-27-63(58)67/h1-42H. The summed E-state index contributed by atoms with van der Waals surface area (Å²) in [6.45, 7) is 0. The molecule has 4 heteroatoms. The Morgan fingerprint density at radius 2 is 0.687 bits per heavy atom. The van der Waals surface area contributed by atoms with Gasteiger partial charge in [-0.25, -0.2) is 0 Å². The largest absolute Gasteiger partial charge is 0.310 e. The number of pyridine rings is 1. The van der Waals surface area contributed by atoms with Crippen LogP contribution in [-0.4, -0.2) is 14.1 Å². The van der Waals surface area contributed by atoms with E-state index in [1.165, 1.54) is 54.4 Å². The molecule has 0 unspecified atom stereocenters. The SMILES string of the molecule is c1ccc(N(c2ccc(-c3cncc(-c4ccc(-c5cc(-n6c7ccccc7c7ccccc76)cc(-n6c7ccccc7c7ccccc76)c5)cc4)c3)cc2)c2cccc3ccccc23)cc1. The third-order valence-electron chi connectivity index (χ3n) is 13.3. The summed E-state index contributed by atoms with van der Waals surface area (Å²) in [5.41, 5.74) is 17.0. The van der Waals surface area contributed by atoms with Crippen molar-refractivity contribution in [3.8, 4) is 44.8 Å². The molecule has 3 aromatic heterocycles. The molecule has 13 aromatic rings. The second kappa shape index (κ2) is 15.9. The number of anilines is 3. The Bertz CT molecular complexity index is 3730. The fourth-order valence-electron chi connectivity index (χ4n) is 10.2. The lowest BCUT2D eigenvalue weighted by atomic mass is 9.98. The maximum Gasteiger partial charge on any atom is 0.0541 e. The van der Waals surface area contributed by atoms with Crippen LogP contribution in [0, 0.1) is 0 Å². The van der Waals surface area contributed by atoms with Crippen molar-refractivity contribution in [2.75, 3.05) is 4.90 Å². The minimum absolute atomic E-state index is 1.07. The number of para-hydroxylation sites is 5. The predicted molar refractivity (Wildman–Crippen MR) is 281 cm³/mol. The number of hydrogen-bond donors (Lipinski definition) is 0. The van der Waals surface area contributed by atoms with Crippen LogP contribution >= 0.6 is 0 Å². The normalized spacial score (nSPS) is 11.6. The maximum absolute atomic E-state index is 4.77. The highest BCUT2D eigenvalue weighted by Gasteiger charge is 2.19. The van der Waals surface area contributed by atoms with E-state index in [4.69, 9.17) is 4.98 Å². The van der Waals surface area contributed by atoms with E-state index in [2.05, 4.69) is 257 Å². The van der Waals surface area contributed by atoms with Crippen LogP contribution in [0.15, 0.2) is 255 Å². The summed E-state index contributed by atoms with van der Waals surface area (Å²) in [5.74, 6) is 0. The Morgan fingerprint density at radius 3 is 1.21 bits per heavy atom. The van der Waals surface area contributed by atoms with Crippen LogP contribution in [0.1, 0.15) is 0 Å². The van der Waals surface area contributed by atoms with Gasteiger partial charge < -0.3 is 14.0 Å². The van der Waals surface area contributed by atoms with Gasteiger partial charge in [0.2, 0.25) is 0 Å². The highest BCUT2D eigenvalue weighted by Crippen LogP contribution is 2.41. The first-order chi connectivity index (χ1) is 33.2. The van der Waals surface area contributed by atoms with E-state index in [0.717, 1.165) is 61.8 Å². The zero-order valence-corrected chi connectivity index (χ0v) is 36.5. The van der Waals surface area contributed by atoms with Gasteiger partial charge in [0, 0.05) is 73.2 Å². The van der Waals surface area contributed by atoms with Crippen molar-refractivity contribution in [1.82, 2.24) is 14.1 Å². The number of nitrogens with zero attached hydrogens (tertiary/aromatic N) is 4. The van der Waals surface area contributed by atoms with Gasteiger partial charge in [0.05, 0.1) is 27.8 Å². The molecule has 0 bridgehead atoms. The van der Waals surface area contributed by atoms with Crippen LogP contribution in [0.5, 0.6) is 0 Å². The molecule has 0 spiro atoms. The third-order valence-corrected chi connectivity index (χ3v) is 13.3. The zero-order valence-electron chi connectivity index (χ0n) is 36.5. The minimum Gasteiger partial charge on any atom is -0.310 e. The minimum atomic E-state index is 1.07. The van der Waals surface area contributed by atoms with E-state index in [-0.39, 0.29) is 0 Å². The molecule has 0 N–H and O–H groups in total. The molecule has 0 aliphatic carbocycles. The molecule has 0 atom stereocenters. The number of hydrogen-bond acceptors (Lipinski definition) is 2. The van der Waals surface area contributed by atoms with Crippen LogP contribution < -0.4 is 4.90 Å². The average molecular weight is 855 g/mol. The van der Waals surface area contributed by atoms with Gasteiger partial charge in [-0.2, -0.15) is 0 Å². The molecular formula is C63H42N4. The lowest BCUT2D eigenvalue weighted by Gasteiger charge is -2.27. The van der Waals surface area contributed by atoms with E-state index < -0.39 is 0 Å². The first-order valence-corrected chi connectivity index (χ1v) is 22.8. The van der Waals surface area contributed by atoms with Crippen LogP contribution in [0.2, 0.25) is 0 Å². The van der Waals surface area contributed by atoms with Crippen molar-refractivity contribution in [2.45, 2.75) is 0 Å². The lowest BCUT2D eigenvalue weighted by Crippen LogP contribution is -2.10. The number of benzene rings is 10. The van der Waals surface area contributed by atoms with Gasteiger partial charge in [0.15, 0.2) is 0 Å². The van der Waals surface area contributed by atoms with Crippen LogP contribution in [-0.2, 0) is 0 Å². The summed E-state index contributed by atoms with van der Waals surface area (Å²) in [6.07, 6.45) is 3.93. The van der Waals surface area contributed by atoms with Crippen molar-refractivity contribution in [3.05, 3.63) is 255 Å². The Balaban J connectivity index is 0.885.